The average Bonchev–Trinajstić information content (AvgIpc) is 3.86. The molecule has 0 saturated carbocycles. The number of nitrogens with zero attached hydrogens (tertiary/aromatic N) is 2. The maximum absolute atomic E-state index is 2.45. The van der Waals surface area contributed by atoms with Gasteiger partial charge in [-0.25, -0.2) is 0 Å². The van der Waals surface area contributed by atoms with Crippen molar-refractivity contribution in [1.82, 2.24) is 4.57 Å². The van der Waals surface area contributed by atoms with Crippen molar-refractivity contribution in [2.24, 2.45) is 0 Å². The Kier molecular flexibility index (Phi) is 6.63. The molecule has 11 rings (SSSR count). The number of fused-ring (bicyclic) bond motifs is 9. The molecule has 53 heavy (non-hydrogen) atoms. The van der Waals surface area contributed by atoms with Crippen molar-refractivity contribution < 1.29 is 0 Å². The molecule has 0 fully saturated rings. The molecular weight excluding hydrogens is 641 g/mol. The van der Waals surface area contributed by atoms with Crippen molar-refractivity contribution in [3.05, 3.63) is 216 Å². The Bertz CT molecular complexity index is 2800. The van der Waals surface area contributed by atoms with Crippen LogP contribution in [0.1, 0.15) is 22.3 Å². The second-order valence-electron chi connectivity index (χ2n) is 14.6. The number of hydrogen-bond acceptors (Lipinski definition) is 1. The molecule has 2 heteroatoms. The quantitative estimate of drug-likeness (QED) is 0.176. The van der Waals surface area contributed by atoms with Gasteiger partial charge in [-0.05, 0) is 112 Å². The number of aromatic nitrogens is 1. The zero-order valence-electron chi connectivity index (χ0n) is 29.3. The van der Waals surface area contributed by atoms with Gasteiger partial charge >= 0.3 is 0 Å². The Balaban J connectivity index is 1.12. The second kappa shape index (κ2) is 11.7. The zero-order valence-corrected chi connectivity index (χ0v) is 29.3. The lowest BCUT2D eigenvalue weighted by Gasteiger charge is -2.29. The number of hydrogen-bond donors (Lipinski definition) is 0. The molecular formula is C51H36N2. The van der Waals surface area contributed by atoms with E-state index in [2.05, 4.69) is 204 Å². The van der Waals surface area contributed by atoms with Crippen molar-refractivity contribution in [2.45, 2.75) is 18.3 Å². The second-order valence-corrected chi connectivity index (χ2v) is 14.6. The molecule has 1 aromatic heterocycles. The summed E-state index contributed by atoms with van der Waals surface area (Å²) < 4.78 is 2.41. The largest absolute Gasteiger partial charge is 0.310 e. The fraction of sp³-hybridized carbons (Fsp3) is 0.0588. The van der Waals surface area contributed by atoms with E-state index in [-0.39, 0.29) is 5.41 Å². The molecule has 250 valence electrons. The summed E-state index contributed by atoms with van der Waals surface area (Å²) >= 11 is 0. The van der Waals surface area contributed by atoms with Crippen molar-refractivity contribution in [1.29, 1.82) is 0 Å². The third-order valence-corrected chi connectivity index (χ3v) is 11.8. The van der Waals surface area contributed by atoms with Crippen molar-refractivity contribution >= 4 is 38.9 Å². The minimum Gasteiger partial charge on any atom is -0.310 e. The monoisotopic (exact) mass is 676 g/mol. The molecule has 0 N–H and O–H groups in total. The van der Waals surface area contributed by atoms with E-state index in [0.29, 0.717) is 0 Å². The van der Waals surface area contributed by atoms with Gasteiger partial charge in [0, 0.05) is 38.9 Å². The summed E-state index contributed by atoms with van der Waals surface area (Å²) in [7, 11) is 0. The topological polar surface area (TPSA) is 8.17 Å². The lowest BCUT2D eigenvalue weighted by atomic mass is 9.75. The van der Waals surface area contributed by atoms with E-state index in [9.17, 15) is 0 Å². The predicted molar refractivity (Wildman–Crippen MR) is 221 cm³/mol. The van der Waals surface area contributed by atoms with Crippen molar-refractivity contribution in [3.8, 4) is 27.9 Å². The predicted octanol–water partition coefficient (Wildman–Crippen LogP) is 13.0. The van der Waals surface area contributed by atoms with Crippen LogP contribution in [0.15, 0.2) is 194 Å². The van der Waals surface area contributed by atoms with Crippen molar-refractivity contribution in [2.75, 3.05) is 4.90 Å². The van der Waals surface area contributed by atoms with Gasteiger partial charge < -0.3 is 9.47 Å². The first-order valence-electron chi connectivity index (χ1n) is 18.6. The van der Waals surface area contributed by atoms with E-state index in [0.717, 1.165) is 35.6 Å². The van der Waals surface area contributed by atoms with E-state index in [4.69, 9.17) is 0 Å². The molecule has 1 heterocycles. The standard InChI is InChI=1S/C51H36N2/c1-3-13-35(14-4-1)36-23-25-40(26-24-36)52(42-27-29-45-44-20-10-12-22-49(44)53(50(45)32-42)39-17-5-2-6-18-39)41-28-30-48-46(31-41)43-19-9-11-21-47(43)51(48)33-37-15-7-8-16-38(37)34-51/h1-32H,33-34H2. The van der Waals surface area contributed by atoms with Gasteiger partial charge in [-0.15, -0.1) is 0 Å². The fourth-order valence-corrected chi connectivity index (χ4v) is 9.42. The smallest absolute Gasteiger partial charge is 0.0561 e. The molecule has 2 aliphatic carbocycles. The number of rotatable bonds is 5. The van der Waals surface area contributed by atoms with Crippen LogP contribution in [-0.2, 0) is 18.3 Å². The molecule has 0 unspecified atom stereocenters. The molecule has 0 atom stereocenters. The molecule has 0 aliphatic heterocycles. The average molecular weight is 677 g/mol. The van der Waals surface area contributed by atoms with Gasteiger partial charge in [-0.3, -0.25) is 0 Å². The third-order valence-electron chi connectivity index (χ3n) is 11.8. The normalized spacial score (nSPS) is 13.7. The SMILES string of the molecule is c1ccc(-c2ccc(N(c3ccc4c(c3)-c3ccccc3C43Cc4ccccc4C3)c3ccc4c5ccccc5n(-c5ccccc5)c4c3)cc2)cc1. The Hall–Kier alpha value is -6.64. The summed E-state index contributed by atoms with van der Waals surface area (Å²) in [5, 5.41) is 2.51. The minimum atomic E-state index is -0.0359. The Morgan fingerprint density at radius 3 is 1.75 bits per heavy atom. The summed E-state index contributed by atoms with van der Waals surface area (Å²) in [5.41, 5.74) is 17.9. The highest BCUT2D eigenvalue weighted by Crippen LogP contribution is 2.56. The van der Waals surface area contributed by atoms with Gasteiger partial charge in [0.15, 0.2) is 0 Å². The van der Waals surface area contributed by atoms with Crippen LogP contribution >= 0.6 is 0 Å². The van der Waals surface area contributed by atoms with Gasteiger partial charge in [0.05, 0.1) is 11.0 Å². The van der Waals surface area contributed by atoms with Crippen LogP contribution in [0.5, 0.6) is 0 Å². The summed E-state index contributed by atoms with van der Waals surface area (Å²) in [6.45, 7) is 0. The van der Waals surface area contributed by atoms with Gasteiger partial charge in [-0.2, -0.15) is 0 Å². The Morgan fingerprint density at radius 1 is 0.396 bits per heavy atom. The fourth-order valence-electron chi connectivity index (χ4n) is 9.42. The first-order valence-corrected chi connectivity index (χ1v) is 18.6. The Labute approximate surface area is 309 Å². The minimum absolute atomic E-state index is 0.0359. The van der Waals surface area contributed by atoms with Gasteiger partial charge in [-0.1, -0.05) is 140 Å². The highest BCUT2D eigenvalue weighted by Gasteiger charge is 2.47. The van der Waals surface area contributed by atoms with Crippen LogP contribution in [0.25, 0.3) is 49.7 Å². The lowest BCUT2D eigenvalue weighted by molar-refractivity contribution is 0.563. The molecule has 2 nitrogen and oxygen atoms in total. The maximum atomic E-state index is 2.45. The highest BCUT2D eigenvalue weighted by molar-refractivity contribution is 6.10. The van der Waals surface area contributed by atoms with E-state index >= 15 is 0 Å². The maximum Gasteiger partial charge on any atom is 0.0561 e. The van der Waals surface area contributed by atoms with Crippen molar-refractivity contribution in [3.63, 3.8) is 0 Å². The molecule has 2 aliphatic rings. The Morgan fingerprint density at radius 2 is 0.962 bits per heavy atom. The summed E-state index contributed by atoms with van der Waals surface area (Å²) in [4.78, 5) is 2.44. The van der Waals surface area contributed by atoms with E-state index in [1.54, 1.807) is 0 Å². The first kappa shape index (κ1) is 30.0. The molecule has 8 aromatic carbocycles. The number of anilines is 3. The molecule has 0 saturated heterocycles. The van der Waals surface area contributed by atoms with E-state index < -0.39 is 0 Å². The summed E-state index contributed by atoms with van der Waals surface area (Å²) in [6, 6.07) is 71.6. The van der Waals surface area contributed by atoms with Crippen LogP contribution in [0, 0.1) is 0 Å². The van der Waals surface area contributed by atoms with Gasteiger partial charge in [0.1, 0.15) is 0 Å². The molecule has 1 spiro atoms. The van der Waals surface area contributed by atoms with Gasteiger partial charge in [0.2, 0.25) is 0 Å². The lowest BCUT2D eigenvalue weighted by Crippen LogP contribution is -2.25. The zero-order chi connectivity index (χ0) is 34.9. The van der Waals surface area contributed by atoms with Crippen LogP contribution < -0.4 is 4.90 Å². The van der Waals surface area contributed by atoms with Crippen LogP contribution in [0.3, 0.4) is 0 Å². The van der Waals surface area contributed by atoms with E-state index in [1.807, 2.05) is 0 Å². The van der Waals surface area contributed by atoms with Gasteiger partial charge in [0.25, 0.3) is 0 Å². The number of para-hydroxylation sites is 2. The van der Waals surface area contributed by atoms with Crippen LogP contribution in [0.2, 0.25) is 0 Å². The summed E-state index contributed by atoms with van der Waals surface area (Å²) in [5.74, 6) is 0. The van der Waals surface area contributed by atoms with Crippen LogP contribution in [-0.4, -0.2) is 4.57 Å². The van der Waals surface area contributed by atoms with E-state index in [1.165, 1.54) is 66.3 Å². The molecule has 0 radical (unpaired) electrons. The first-order chi connectivity index (χ1) is 26.2. The third kappa shape index (κ3) is 4.59. The molecule has 0 amide bonds. The summed E-state index contributed by atoms with van der Waals surface area (Å²) in [6.07, 6.45) is 2.08. The number of benzene rings is 8. The van der Waals surface area contributed by atoms with Crippen LogP contribution in [0.4, 0.5) is 17.1 Å². The molecule has 0 bridgehead atoms. The highest BCUT2D eigenvalue weighted by atomic mass is 15.1. The molecule has 9 aromatic rings.